The minimum absolute atomic E-state index is 0.613. The van der Waals surface area contributed by atoms with Crippen molar-refractivity contribution < 1.29 is 4.74 Å². The second kappa shape index (κ2) is 4.07. The van der Waals surface area contributed by atoms with Gasteiger partial charge in [0.25, 0.3) is 0 Å². The van der Waals surface area contributed by atoms with Crippen molar-refractivity contribution in [2.75, 3.05) is 20.3 Å². The highest BCUT2D eigenvalue weighted by Crippen LogP contribution is 2.23. The van der Waals surface area contributed by atoms with Crippen LogP contribution in [-0.4, -0.2) is 26.3 Å². The summed E-state index contributed by atoms with van der Waals surface area (Å²) in [6.07, 6.45) is 1.24. The van der Waals surface area contributed by atoms with Crippen LogP contribution < -0.4 is 5.32 Å². The van der Waals surface area contributed by atoms with Crippen LogP contribution in [0.25, 0.3) is 0 Å². The number of rotatable bonds is 3. The summed E-state index contributed by atoms with van der Waals surface area (Å²) in [7, 11) is 2.02. The summed E-state index contributed by atoms with van der Waals surface area (Å²) in [4.78, 5) is 0. The molecule has 1 rings (SSSR count). The van der Waals surface area contributed by atoms with Crippen LogP contribution in [0.2, 0.25) is 0 Å². The van der Waals surface area contributed by atoms with E-state index in [2.05, 4.69) is 19.2 Å². The second-order valence-electron chi connectivity index (χ2n) is 3.56. The summed E-state index contributed by atoms with van der Waals surface area (Å²) in [6, 6.07) is 0.613. The summed E-state index contributed by atoms with van der Waals surface area (Å²) in [5, 5.41) is 3.29. The van der Waals surface area contributed by atoms with Crippen molar-refractivity contribution in [3.8, 4) is 0 Å². The fourth-order valence-electron chi connectivity index (χ4n) is 1.64. The minimum Gasteiger partial charge on any atom is -0.381 e. The monoisotopic (exact) mass is 157 g/mol. The Kier molecular flexibility index (Phi) is 3.34. The van der Waals surface area contributed by atoms with Gasteiger partial charge in [0.1, 0.15) is 0 Å². The average Bonchev–Trinajstić information content (AvgIpc) is 2.53. The molecular weight excluding hydrogens is 138 g/mol. The summed E-state index contributed by atoms with van der Waals surface area (Å²) in [6.45, 7) is 6.47. The standard InChI is InChI=1S/C9H19NO/c1-7(8(2)10-3)9-4-5-11-6-9/h7-10H,4-6H2,1-3H3. The van der Waals surface area contributed by atoms with E-state index in [0.29, 0.717) is 6.04 Å². The van der Waals surface area contributed by atoms with E-state index >= 15 is 0 Å². The maximum absolute atomic E-state index is 5.35. The van der Waals surface area contributed by atoms with E-state index in [0.717, 1.165) is 25.0 Å². The predicted molar refractivity (Wildman–Crippen MR) is 46.6 cm³/mol. The van der Waals surface area contributed by atoms with Gasteiger partial charge in [-0.25, -0.2) is 0 Å². The quantitative estimate of drug-likeness (QED) is 0.666. The molecule has 0 amide bonds. The van der Waals surface area contributed by atoms with Gasteiger partial charge < -0.3 is 10.1 Å². The van der Waals surface area contributed by atoms with Gasteiger partial charge in [-0.05, 0) is 32.2 Å². The molecule has 1 N–H and O–H groups in total. The van der Waals surface area contributed by atoms with Crippen molar-refractivity contribution in [2.45, 2.75) is 26.3 Å². The molecule has 0 aliphatic carbocycles. The summed E-state index contributed by atoms with van der Waals surface area (Å²) in [5.74, 6) is 1.51. The van der Waals surface area contributed by atoms with Gasteiger partial charge in [-0.15, -0.1) is 0 Å². The van der Waals surface area contributed by atoms with Crippen LogP contribution in [0, 0.1) is 11.8 Å². The third-order valence-corrected chi connectivity index (χ3v) is 2.95. The van der Waals surface area contributed by atoms with Gasteiger partial charge in [0.15, 0.2) is 0 Å². The highest BCUT2D eigenvalue weighted by atomic mass is 16.5. The molecule has 0 saturated carbocycles. The molecule has 0 spiro atoms. The third kappa shape index (κ3) is 2.17. The van der Waals surface area contributed by atoms with Gasteiger partial charge in [0, 0.05) is 19.3 Å². The number of ether oxygens (including phenoxy) is 1. The molecule has 3 atom stereocenters. The highest BCUT2D eigenvalue weighted by Gasteiger charge is 2.25. The van der Waals surface area contributed by atoms with Crippen LogP contribution >= 0.6 is 0 Å². The molecule has 11 heavy (non-hydrogen) atoms. The van der Waals surface area contributed by atoms with Crippen molar-refractivity contribution in [3.63, 3.8) is 0 Å². The first-order chi connectivity index (χ1) is 5.25. The number of hydrogen-bond acceptors (Lipinski definition) is 2. The summed E-state index contributed by atoms with van der Waals surface area (Å²) in [5.41, 5.74) is 0. The second-order valence-corrected chi connectivity index (χ2v) is 3.56. The molecular formula is C9H19NO. The Balaban J connectivity index is 2.32. The SMILES string of the molecule is CNC(C)C(C)C1CCOC1. The molecule has 1 saturated heterocycles. The summed E-state index contributed by atoms with van der Waals surface area (Å²) < 4.78 is 5.35. The molecule has 0 radical (unpaired) electrons. The Labute approximate surface area is 69.3 Å². The lowest BCUT2D eigenvalue weighted by Crippen LogP contribution is -2.33. The zero-order chi connectivity index (χ0) is 8.27. The van der Waals surface area contributed by atoms with Crippen molar-refractivity contribution in [2.24, 2.45) is 11.8 Å². The minimum atomic E-state index is 0.613. The van der Waals surface area contributed by atoms with E-state index in [-0.39, 0.29) is 0 Å². The molecule has 2 nitrogen and oxygen atoms in total. The first-order valence-corrected chi connectivity index (χ1v) is 4.50. The smallest absolute Gasteiger partial charge is 0.0498 e. The fourth-order valence-corrected chi connectivity index (χ4v) is 1.64. The lowest BCUT2D eigenvalue weighted by molar-refractivity contribution is 0.167. The third-order valence-electron chi connectivity index (χ3n) is 2.95. The van der Waals surface area contributed by atoms with Crippen LogP contribution in [0.1, 0.15) is 20.3 Å². The first kappa shape index (κ1) is 9.01. The molecule has 1 aliphatic rings. The van der Waals surface area contributed by atoms with Gasteiger partial charge in [0.2, 0.25) is 0 Å². The average molecular weight is 157 g/mol. The first-order valence-electron chi connectivity index (χ1n) is 4.50. The van der Waals surface area contributed by atoms with Gasteiger partial charge in [-0.1, -0.05) is 6.92 Å². The zero-order valence-corrected chi connectivity index (χ0v) is 7.76. The van der Waals surface area contributed by atoms with Crippen molar-refractivity contribution in [1.82, 2.24) is 5.32 Å². The zero-order valence-electron chi connectivity index (χ0n) is 7.76. The Morgan fingerprint density at radius 2 is 2.18 bits per heavy atom. The topological polar surface area (TPSA) is 21.3 Å². The normalized spacial score (nSPS) is 30.3. The maximum Gasteiger partial charge on any atom is 0.0498 e. The van der Waals surface area contributed by atoms with Crippen molar-refractivity contribution >= 4 is 0 Å². The Hall–Kier alpha value is -0.0800. The summed E-state index contributed by atoms with van der Waals surface area (Å²) >= 11 is 0. The Morgan fingerprint density at radius 1 is 1.45 bits per heavy atom. The molecule has 66 valence electrons. The van der Waals surface area contributed by atoms with E-state index in [1.165, 1.54) is 6.42 Å². The highest BCUT2D eigenvalue weighted by molar-refractivity contribution is 4.77. The van der Waals surface area contributed by atoms with Gasteiger partial charge in [-0.3, -0.25) is 0 Å². The fraction of sp³-hybridized carbons (Fsp3) is 1.00. The molecule has 0 aromatic carbocycles. The number of nitrogens with one attached hydrogen (secondary N) is 1. The molecule has 1 heterocycles. The molecule has 2 heteroatoms. The Bertz CT molecular complexity index is 110. The lowest BCUT2D eigenvalue weighted by atomic mass is 9.88. The van der Waals surface area contributed by atoms with Crippen LogP contribution in [0.3, 0.4) is 0 Å². The molecule has 0 bridgehead atoms. The predicted octanol–water partition coefficient (Wildman–Crippen LogP) is 1.27. The lowest BCUT2D eigenvalue weighted by Gasteiger charge is -2.23. The molecule has 0 aromatic rings. The Morgan fingerprint density at radius 3 is 2.64 bits per heavy atom. The van der Waals surface area contributed by atoms with Crippen molar-refractivity contribution in [1.29, 1.82) is 0 Å². The van der Waals surface area contributed by atoms with E-state index in [1.54, 1.807) is 0 Å². The van der Waals surface area contributed by atoms with E-state index < -0.39 is 0 Å². The van der Waals surface area contributed by atoms with Gasteiger partial charge in [0.05, 0.1) is 0 Å². The molecule has 1 fully saturated rings. The van der Waals surface area contributed by atoms with E-state index in [1.807, 2.05) is 7.05 Å². The number of hydrogen-bond donors (Lipinski definition) is 1. The van der Waals surface area contributed by atoms with Gasteiger partial charge in [-0.2, -0.15) is 0 Å². The molecule has 1 aliphatic heterocycles. The van der Waals surface area contributed by atoms with Crippen LogP contribution in [0.5, 0.6) is 0 Å². The van der Waals surface area contributed by atoms with E-state index in [9.17, 15) is 0 Å². The van der Waals surface area contributed by atoms with Crippen LogP contribution in [0.15, 0.2) is 0 Å². The molecule has 0 aromatic heterocycles. The largest absolute Gasteiger partial charge is 0.381 e. The van der Waals surface area contributed by atoms with Crippen LogP contribution in [0.4, 0.5) is 0 Å². The molecule has 3 unspecified atom stereocenters. The van der Waals surface area contributed by atoms with E-state index in [4.69, 9.17) is 4.74 Å². The van der Waals surface area contributed by atoms with Crippen LogP contribution in [-0.2, 0) is 4.74 Å². The maximum atomic E-state index is 5.35. The van der Waals surface area contributed by atoms with Gasteiger partial charge >= 0.3 is 0 Å². The van der Waals surface area contributed by atoms with Crippen molar-refractivity contribution in [3.05, 3.63) is 0 Å².